The molecular weight excluding hydrogens is 310 g/mol. The highest BCUT2D eigenvalue weighted by Crippen LogP contribution is 2.32. The van der Waals surface area contributed by atoms with E-state index in [4.69, 9.17) is 0 Å². The second-order valence-corrected chi connectivity index (χ2v) is 5.94. The molecule has 2 N–H and O–H groups in total. The van der Waals surface area contributed by atoms with Crippen LogP contribution in [0, 0.1) is 11.3 Å². The van der Waals surface area contributed by atoms with Crippen molar-refractivity contribution < 1.29 is 14.7 Å². The maximum Gasteiger partial charge on any atom is 0.310 e. The number of hydrogen-bond acceptors (Lipinski definition) is 2. The molecule has 0 aliphatic rings. The maximum absolute atomic E-state index is 12.0. The summed E-state index contributed by atoms with van der Waals surface area (Å²) in [5.41, 5.74) is -0.422. The molecule has 0 spiro atoms. The topological polar surface area (TPSA) is 66.4 Å². The molecule has 0 aromatic heterocycles. The Bertz CT molecular complexity index is 487. The third-order valence-corrected chi connectivity index (χ3v) is 4.13. The lowest BCUT2D eigenvalue weighted by Gasteiger charge is -2.28. The Labute approximate surface area is 121 Å². The third kappa shape index (κ3) is 3.80. The van der Waals surface area contributed by atoms with Crippen LogP contribution in [0.2, 0.25) is 0 Å². The molecule has 0 radical (unpaired) electrons. The van der Waals surface area contributed by atoms with Crippen LogP contribution in [-0.4, -0.2) is 17.0 Å². The highest BCUT2D eigenvalue weighted by molar-refractivity contribution is 9.10. The molecule has 0 saturated heterocycles. The molecule has 0 heterocycles. The zero-order valence-corrected chi connectivity index (χ0v) is 12.8. The van der Waals surface area contributed by atoms with E-state index in [2.05, 4.69) is 21.2 Å². The number of carbonyl (C=O) groups excluding carboxylic acids is 1. The molecule has 1 rings (SSSR count). The summed E-state index contributed by atoms with van der Waals surface area (Å²) in [5.74, 6) is -1.38. The average Bonchev–Trinajstić information content (AvgIpc) is 2.31. The van der Waals surface area contributed by atoms with Crippen LogP contribution in [0.4, 0.5) is 5.69 Å². The Kier molecular flexibility index (Phi) is 5.11. The maximum atomic E-state index is 12.0. The number of halogens is 1. The van der Waals surface area contributed by atoms with Crippen molar-refractivity contribution in [3.05, 3.63) is 28.7 Å². The normalized spacial score (nSPS) is 13.9. The molecule has 0 bridgehead atoms. The van der Waals surface area contributed by atoms with Gasteiger partial charge in [0, 0.05) is 10.9 Å². The van der Waals surface area contributed by atoms with Gasteiger partial charge >= 0.3 is 5.97 Å². The highest BCUT2D eigenvalue weighted by Gasteiger charge is 2.38. The number of benzene rings is 1. The second kappa shape index (κ2) is 6.19. The van der Waals surface area contributed by atoms with Crippen molar-refractivity contribution in [3.8, 4) is 0 Å². The van der Waals surface area contributed by atoms with Crippen LogP contribution in [0.3, 0.4) is 0 Å². The monoisotopic (exact) mass is 327 g/mol. The number of carbonyl (C=O) groups is 2. The fraction of sp³-hybridized carbons (Fsp3) is 0.429. The van der Waals surface area contributed by atoms with Crippen LogP contribution in [0.15, 0.2) is 28.7 Å². The van der Waals surface area contributed by atoms with Crippen molar-refractivity contribution in [1.82, 2.24) is 0 Å². The number of carboxylic acids is 1. The third-order valence-electron chi connectivity index (χ3n) is 3.44. The molecule has 0 saturated carbocycles. The lowest BCUT2D eigenvalue weighted by molar-refractivity contribution is -0.153. The van der Waals surface area contributed by atoms with Gasteiger partial charge in [-0.1, -0.05) is 26.0 Å². The Balaban J connectivity index is 2.80. The first-order valence-electron chi connectivity index (χ1n) is 6.05. The van der Waals surface area contributed by atoms with Gasteiger partial charge in [0.2, 0.25) is 5.91 Å². The molecule has 0 fully saturated rings. The molecule has 1 amide bonds. The summed E-state index contributed by atoms with van der Waals surface area (Å²) in [7, 11) is 0. The van der Waals surface area contributed by atoms with Crippen molar-refractivity contribution in [2.45, 2.75) is 27.2 Å². The summed E-state index contributed by atoms with van der Waals surface area (Å²) < 4.78 is 0.768. The smallest absolute Gasteiger partial charge is 0.310 e. The lowest BCUT2D eigenvalue weighted by atomic mass is 9.76. The van der Waals surface area contributed by atoms with Crippen molar-refractivity contribution >= 4 is 33.5 Å². The van der Waals surface area contributed by atoms with E-state index in [1.165, 1.54) is 0 Å². The van der Waals surface area contributed by atoms with E-state index >= 15 is 0 Å². The van der Waals surface area contributed by atoms with Crippen LogP contribution in [0.1, 0.15) is 27.2 Å². The average molecular weight is 328 g/mol. The number of amides is 1. The molecular formula is C14H18BrNO3. The fourth-order valence-electron chi connectivity index (χ4n) is 1.62. The predicted molar refractivity (Wildman–Crippen MR) is 78.0 cm³/mol. The summed E-state index contributed by atoms with van der Waals surface area (Å²) in [6.45, 7) is 5.21. The number of rotatable bonds is 5. The van der Waals surface area contributed by atoms with Crippen molar-refractivity contribution in [2.24, 2.45) is 11.3 Å². The van der Waals surface area contributed by atoms with Gasteiger partial charge in [-0.15, -0.1) is 0 Å². The Morgan fingerprint density at radius 1 is 1.37 bits per heavy atom. The lowest BCUT2D eigenvalue weighted by Crippen LogP contribution is -2.37. The highest BCUT2D eigenvalue weighted by atomic mass is 79.9. The number of carboxylic acid groups (broad SMARTS) is 1. The molecule has 1 aromatic carbocycles. The van der Waals surface area contributed by atoms with Gasteiger partial charge in [0.25, 0.3) is 0 Å². The molecule has 4 nitrogen and oxygen atoms in total. The number of para-hydroxylation sites is 1. The first-order chi connectivity index (χ1) is 8.77. The zero-order valence-electron chi connectivity index (χ0n) is 11.2. The SMILES string of the molecule is CC(C)C(C)(CC(=O)Nc1ccccc1Br)C(=O)O. The van der Waals surface area contributed by atoms with Crippen LogP contribution >= 0.6 is 15.9 Å². The quantitative estimate of drug-likeness (QED) is 0.869. The van der Waals surface area contributed by atoms with Gasteiger partial charge < -0.3 is 10.4 Å². The van der Waals surface area contributed by atoms with E-state index in [1.807, 2.05) is 12.1 Å². The van der Waals surface area contributed by atoms with E-state index in [0.29, 0.717) is 5.69 Å². The van der Waals surface area contributed by atoms with Crippen LogP contribution in [-0.2, 0) is 9.59 Å². The summed E-state index contributed by atoms with van der Waals surface area (Å²) in [6, 6.07) is 7.22. The molecule has 0 aliphatic heterocycles. The van der Waals surface area contributed by atoms with Gasteiger partial charge in [-0.3, -0.25) is 9.59 Å². The van der Waals surface area contributed by atoms with Crippen LogP contribution in [0.25, 0.3) is 0 Å². The van der Waals surface area contributed by atoms with Crippen molar-refractivity contribution in [3.63, 3.8) is 0 Å². The van der Waals surface area contributed by atoms with Crippen molar-refractivity contribution in [2.75, 3.05) is 5.32 Å². The standard InChI is InChI=1S/C14H18BrNO3/c1-9(2)14(3,13(18)19)8-12(17)16-11-7-5-4-6-10(11)15/h4-7,9H,8H2,1-3H3,(H,16,17)(H,18,19). The van der Waals surface area contributed by atoms with Crippen LogP contribution < -0.4 is 5.32 Å². The van der Waals surface area contributed by atoms with Gasteiger partial charge in [0.05, 0.1) is 11.1 Å². The predicted octanol–water partition coefficient (Wildman–Crippen LogP) is 3.52. The minimum atomic E-state index is -1.06. The van der Waals surface area contributed by atoms with E-state index in [-0.39, 0.29) is 18.2 Å². The van der Waals surface area contributed by atoms with E-state index in [1.54, 1.807) is 32.9 Å². The number of aliphatic carboxylic acids is 1. The fourth-order valence-corrected chi connectivity index (χ4v) is 2.00. The summed E-state index contributed by atoms with van der Waals surface area (Å²) in [4.78, 5) is 23.3. The summed E-state index contributed by atoms with van der Waals surface area (Å²) in [5, 5.41) is 12.0. The Morgan fingerprint density at radius 3 is 2.42 bits per heavy atom. The molecule has 1 atom stereocenters. The summed E-state index contributed by atoms with van der Waals surface area (Å²) >= 11 is 3.33. The van der Waals surface area contributed by atoms with Gasteiger partial charge in [-0.25, -0.2) is 0 Å². The number of hydrogen-bond donors (Lipinski definition) is 2. The minimum Gasteiger partial charge on any atom is -0.481 e. The first-order valence-corrected chi connectivity index (χ1v) is 6.84. The number of anilines is 1. The van der Waals surface area contributed by atoms with Crippen LogP contribution in [0.5, 0.6) is 0 Å². The van der Waals surface area contributed by atoms with Gasteiger partial charge in [0.15, 0.2) is 0 Å². The molecule has 104 valence electrons. The van der Waals surface area contributed by atoms with E-state index in [9.17, 15) is 14.7 Å². The number of nitrogens with one attached hydrogen (secondary N) is 1. The summed E-state index contributed by atoms with van der Waals surface area (Å²) in [6.07, 6.45) is -0.0542. The van der Waals surface area contributed by atoms with E-state index < -0.39 is 11.4 Å². The first kappa shape index (κ1) is 15.7. The Morgan fingerprint density at radius 2 is 1.95 bits per heavy atom. The van der Waals surface area contributed by atoms with Gasteiger partial charge in [-0.2, -0.15) is 0 Å². The largest absolute Gasteiger partial charge is 0.481 e. The van der Waals surface area contributed by atoms with E-state index in [0.717, 1.165) is 4.47 Å². The molecule has 19 heavy (non-hydrogen) atoms. The molecule has 1 unspecified atom stereocenters. The Hall–Kier alpha value is -1.36. The van der Waals surface area contributed by atoms with Crippen molar-refractivity contribution in [1.29, 1.82) is 0 Å². The minimum absolute atomic E-state index is 0.0542. The van der Waals surface area contributed by atoms with Gasteiger partial charge in [-0.05, 0) is 40.9 Å². The molecule has 5 heteroatoms. The zero-order chi connectivity index (χ0) is 14.6. The van der Waals surface area contributed by atoms with Gasteiger partial charge in [0.1, 0.15) is 0 Å². The molecule has 1 aromatic rings. The second-order valence-electron chi connectivity index (χ2n) is 5.08. The molecule has 0 aliphatic carbocycles.